The number of nitrogens with zero attached hydrogens (tertiary/aromatic N) is 4. The second-order valence-corrected chi connectivity index (χ2v) is 4.87. The van der Waals surface area contributed by atoms with Crippen molar-refractivity contribution in [3.05, 3.63) is 30.1 Å². The highest BCUT2D eigenvalue weighted by Gasteiger charge is 2.28. The highest BCUT2D eigenvalue weighted by atomic mass is 16.3. The van der Waals surface area contributed by atoms with Crippen LogP contribution in [0.1, 0.15) is 36.7 Å². The number of fused-ring (bicyclic) bond motifs is 1. The van der Waals surface area contributed by atoms with Crippen LogP contribution in [0, 0.1) is 0 Å². The van der Waals surface area contributed by atoms with Gasteiger partial charge in [0, 0.05) is 13.0 Å². The number of aliphatic hydroxyl groups is 1. The Kier molecular flexibility index (Phi) is 3.16. The molecular formula is C13H17N5O. The Balaban J connectivity index is 2.07. The molecule has 100 valence electrons. The third-order valence-corrected chi connectivity index (χ3v) is 3.56. The van der Waals surface area contributed by atoms with Crippen molar-refractivity contribution >= 4 is 11.7 Å². The molecule has 0 radical (unpaired) electrons. The van der Waals surface area contributed by atoms with Crippen LogP contribution >= 0.6 is 0 Å². The van der Waals surface area contributed by atoms with Gasteiger partial charge in [-0.15, -0.1) is 10.2 Å². The van der Waals surface area contributed by atoms with E-state index in [0.29, 0.717) is 0 Å². The SMILES string of the molecule is CN/C=C\c1cncc2nnc(C3CCC(O)C3)n12. The van der Waals surface area contributed by atoms with Crippen molar-refractivity contribution in [2.24, 2.45) is 0 Å². The normalized spacial score (nSPS) is 23.5. The van der Waals surface area contributed by atoms with Crippen LogP contribution in [-0.2, 0) is 0 Å². The van der Waals surface area contributed by atoms with E-state index in [1.807, 2.05) is 23.7 Å². The Morgan fingerprint density at radius 2 is 2.26 bits per heavy atom. The molecule has 1 aliphatic rings. The molecule has 1 fully saturated rings. The Morgan fingerprint density at radius 3 is 3.00 bits per heavy atom. The van der Waals surface area contributed by atoms with Gasteiger partial charge in [-0.25, -0.2) is 0 Å². The van der Waals surface area contributed by atoms with Crippen molar-refractivity contribution in [3.8, 4) is 0 Å². The number of nitrogens with one attached hydrogen (secondary N) is 1. The molecule has 1 saturated carbocycles. The van der Waals surface area contributed by atoms with Crippen molar-refractivity contribution in [2.45, 2.75) is 31.3 Å². The molecule has 2 N–H and O–H groups in total. The lowest BCUT2D eigenvalue weighted by Crippen LogP contribution is -2.06. The molecule has 3 rings (SSSR count). The van der Waals surface area contributed by atoms with E-state index in [-0.39, 0.29) is 12.0 Å². The number of aliphatic hydroxyl groups excluding tert-OH is 1. The van der Waals surface area contributed by atoms with Gasteiger partial charge in [0.1, 0.15) is 5.82 Å². The van der Waals surface area contributed by atoms with Crippen LogP contribution in [-0.4, -0.2) is 37.8 Å². The first-order valence-corrected chi connectivity index (χ1v) is 6.50. The van der Waals surface area contributed by atoms with E-state index in [9.17, 15) is 5.11 Å². The summed E-state index contributed by atoms with van der Waals surface area (Å²) in [5, 5.41) is 21.1. The lowest BCUT2D eigenvalue weighted by atomic mass is 10.1. The Hall–Kier alpha value is -1.95. The first-order chi connectivity index (χ1) is 9.29. The van der Waals surface area contributed by atoms with Crippen LogP contribution < -0.4 is 5.32 Å². The van der Waals surface area contributed by atoms with E-state index >= 15 is 0 Å². The molecular weight excluding hydrogens is 242 g/mol. The quantitative estimate of drug-likeness (QED) is 0.858. The van der Waals surface area contributed by atoms with Gasteiger partial charge in [0.15, 0.2) is 5.65 Å². The van der Waals surface area contributed by atoms with E-state index in [4.69, 9.17) is 0 Å². The topological polar surface area (TPSA) is 75.3 Å². The monoisotopic (exact) mass is 259 g/mol. The van der Waals surface area contributed by atoms with E-state index in [0.717, 1.165) is 36.4 Å². The molecule has 2 heterocycles. The van der Waals surface area contributed by atoms with Crippen molar-refractivity contribution in [2.75, 3.05) is 7.05 Å². The van der Waals surface area contributed by atoms with Crippen LogP contribution in [0.25, 0.3) is 11.7 Å². The molecule has 2 atom stereocenters. The average Bonchev–Trinajstić information content (AvgIpc) is 3.02. The summed E-state index contributed by atoms with van der Waals surface area (Å²) >= 11 is 0. The minimum absolute atomic E-state index is 0.213. The zero-order valence-electron chi connectivity index (χ0n) is 10.8. The summed E-state index contributed by atoms with van der Waals surface area (Å²) in [6, 6.07) is 0. The average molecular weight is 259 g/mol. The smallest absolute Gasteiger partial charge is 0.179 e. The van der Waals surface area contributed by atoms with Gasteiger partial charge in [-0.3, -0.25) is 9.38 Å². The van der Waals surface area contributed by atoms with Crippen LogP contribution in [0.3, 0.4) is 0 Å². The Morgan fingerprint density at radius 1 is 1.37 bits per heavy atom. The number of hydrogen-bond donors (Lipinski definition) is 2. The van der Waals surface area contributed by atoms with E-state index in [1.54, 1.807) is 12.4 Å². The van der Waals surface area contributed by atoms with Gasteiger partial charge < -0.3 is 10.4 Å². The predicted molar refractivity (Wildman–Crippen MR) is 71.5 cm³/mol. The summed E-state index contributed by atoms with van der Waals surface area (Å²) in [5.41, 5.74) is 1.68. The van der Waals surface area contributed by atoms with Gasteiger partial charge in [-0.05, 0) is 31.5 Å². The fourth-order valence-electron chi connectivity index (χ4n) is 2.64. The fourth-order valence-corrected chi connectivity index (χ4v) is 2.64. The number of hydrogen-bond acceptors (Lipinski definition) is 5. The van der Waals surface area contributed by atoms with E-state index in [1.165, 1.54) is 0 Å². The third-order valence-electron chi connectivity index (χ3n) is 3.56. The summed E-state index contributed by atoms with van der Waals surface area (Å²) in [6.45, 7) is 0. The first-order valence-electron chi connectivity index (χ1n) is 6.50. The fraction of sp³-hybridized carbons (Fsp3) is 0.462. The molecule has 6 heteroatoms. The summed E-state index contributed by atoms with van der Waals surface area (Å²) in [7, 11) is 1.85. The van der Waals surface area contributed by atoms with Crippen molar-refractivity contribution in [1.82, 2.24) is 24.9 Å². The maximum absolute atomic E-state index is 9.69. The molecule has 2 aromatic rings. The van der Waals surface area contributed by atoms with Crippen molar-refractivity contribution in [1.29, 1.82) is 0 Å². The number of aromatic nitrogens is 4. The maximum atomic E-state index is 9.69. The molecule has 19 heavy (non-hydrogen) atoms. The standard InChI is InChI=1S/C13H17N5O/c1-14-5-4-10-7-15-8-12-16-17-13(18(10)12)9-2-3-11(19)6-9/h4-5,7-9,11,14,19H,2-3,6H2,1H3/b5-4-. The first kappa shape index (κ1) is 12.1. The van der Waals surface area contributed by atoms with Crippen LogP contribution in [0.5, 0.6) is 0 Å². The van der Waals surface area contributed by atoms with Crippen LogP contribution in [0.2, 0.25) is 0 Å². The van der Waals surface area contributed by atoms with Crippen LogP contribution in [0.4, 0.5) is 0 Å². The minimum Gasteiger partial charge on any atom is -0.394 e. The molecule has 2 unspecified atom stereocenters. The van der Waals surface area contributed by atoms with Crippen molar-refractivity contribution in [3.63, 3.8) is 0 Å². The zero-order chi connectivity index (χ0) is 13.2. The maximum Gasteiger partial charge on any atom is 0.179 e. The molecule has 0 aliphatic heterocycles. The number of rotatable bonds is 3. The van der Waals surface area contributed by atoms with Gasteiger partial charge in [-0.1, -0.05) is 0 Å². The molecule has 0 spiro atoms. The summed E-state index contributed by atoms with van der Waals surface area (Å²) < 4.78 is 2.02. The Labute approximate surface area is 111 Å². The zero-order valence-corrected chi connectivity index (χ0v) is 10.8. The van der Waals surface area contributed by atoms with Gasteiger partial charge >= 0.3 is 0 Å². The molecule has 0 aromatic carbocycles. The predicted octanol–water partition coefficient (Wildman–Crippen LogP) is 0.943. The van der Waals surface area contributed by atoms with Gasteiger partial charge in [0.2, 0.25) is 0 Å². The van der Waals surface area contributed by atoms with Crippen molar-refractivity contribution < 1.29 is 5.11 Å². The van der Waals surface area contributed by atoms with E-state index in [2.05, 4.69) is 20.5 Å². The Bertz CT molecular complexity index is 606. The lowest BCUT2D eigenvalue weighted by Gasteiger charge is -2.09. The molecule has 0 bridgehead atoms. The second-order valence-electron chi connectivity index (χ2n) is 4.87. The molecule has 6 nitrogen and oxygen atoms in total. The molecule has 2 aromatic heterocycles. The highest BCUT2D eigenvalue weighted by Crippen LogP contribution is 2.33. The highest BCUT2D eigenvalue weighted by molar-refractivity contribution is 5.50. The summed E-state index contributed by atoms with van der Waals surface area (Å²) in [4.78, 5) is 4.17. The second kappa shape index (κ2) is 4.97. The third kappa shape index (κ3) is 2.19. The van der Waals surface area contributed by atoms with Gasteiger partial charge in [-0.2, -0.15) is 0 Å². The summed E-state index contributed by atoms with van der Waals surface area (Å²) in [6.07, 6.45) is 9.64. The summed E-state index contributed by atoms with van der Waals surface area (Å²) in [5.74, 6) is 1.19. The lowest BCUT2D eigenvalue weighted by molar-refractivity contribution is 0.181. The largest absolute Gasteiger partial charge is 0.394 e. The molecule has 0 saturated heterocycles. The van der Waals surface area contributed by atoms with Crippen LogP contribution in [0.15, 0.2) is 18.6 Å². The van der Waals surface area contributed by atoms with Gasteiger partial charge in [0.05, 0.1) is 24.2 Å². The van der Waals surface area contributed by atoms with Gasteiger partial charge in [0.25, 0.3) is 0 Å². The van der Waals surface area contributed by atoms with E-state index < -0.39 is 0 Å². The molecule has 0 amide bonds. The molecule has 1 aliphatic carbocycles. The minimum atomic E-state index is -0.213.